The van der Waals surface area contributed by atoms with E-state index in [4.69, 9.17) is 4.74 Å². The number of hydrogen-bond acceptors (Lipinski definition) is 4. The predicted octanol–water partition coefficient (Wildman–Crippen LogP) is 2.60. The van der Waals surface area contributed by atoms with Crippen molar-refractivity contribution in [3.63, 3.8) is 0 Å². The fourth-order valence-electron chi connectivity index (χ4n) is 1.99. The van der Waals surface area contributed by atoms with Gasteiger partial charge in [-0.05, 0) is 36.2 Å². The van der Waals surface area contributed by atoms with Crippen LogP contribution in [0.4, 0.5) is 10.2 Å². The van der Waals surface area contributed by atoms with Crippen LogP contribution < -0.4 is 10.6 Å². The molecular formula is C17H20FN3O2. The van der Waals surface area contributed by atoms with E-state index < -0.39 is 0 Å². The molecule has 1 aromatic carbocycles. The van der Waals surface area contributed by atoms with E-state index in [0.717, 1.165) is 18.5 Å². The Bertz CT molecular complexity index is 632. The molecule has 122 valence electrons. The summed E-state index contributed by atoms with van der Waals surface area (Å²) in [5.41, 5.74) is 1.36. The molecule has 1 heterocycles. The molecule has 23 heavy (non-hydrogen) atoms. The highest BCUT2D eigenvalue weighted by Crippen LogP contribution is 2.08. The monoisotopic (exact) mass is 317 g/mol. The van der Waals surface area contributed by atoms with Crippen LogP contribution in [0.25, 0.3) is 0 Å². The number of ether oxygens (including phenoxy) is 1. The molecule has 0 atom stereocenters. The van der Waals surface area contributed by atoms with Crippen LogP contribution in [0, 0.1) is 5.82 Å². The molecule has 0 aliphatic heterocycles. The lowest BCUT2D eigenvalue weighted by Gasteiger charge is -2.08. The fraction of sp³-hybridized carbons (Fsp3) is 0.294. The number of benzene rings is 1. The molecule has 2 rings (SSSR count). The SMILES string of the molecule is COCCCNc1cc(C(=O)NCc2ccc(F)cc2)ccn1. The van der Waals surface area contributed by atoms with Gasteiger partial charge in [-0.2, -0.15) is 0 Å². The van der Waals surface area contributed by atoms with Gasteiger partial charge in [-0.25, -0.2) is 9.37 Å². The van der Waals surface area contributed by atoms with E-state index in [-0.39, 0.29) is 11.7 Å². The van der Waals surface area contributed by atoms with Crippen LogP contribution in [0.5, 0.6) is 0 Å². The molecule has 0 radical (unpaired) electrons. The summed E-state index contributed by atoms with van der Waals surface area (Å²) in [7, 11) is 1.66. The van der Waals surface area contributed by atoms with Crippen LogP contribution in [0.2, 0.25) is 0 Å². The number of nitrogens with zero attached hydrogens (tertiary/aromatic N) is 1. The third-order valence-electron chi connectivity index (χ3n) is 3.22. The van der Waals surface area contributed by atoms with Crippen LogP contribution in [0.3, 0.4) is 0 Å². The molecule has 0 bridgehead atoms. The lowest BCUT2D eigenvalue weighted by molar-refractivity contribution is 0.0951. The number of nitrogens with one attached hydrogen (secondary N) is 2. The average molecular weight is 317 g/mol. The minimum absolute atomic E-state index is 0.198. The molecule has 6 heteroatoms. The summed E-state index contributed by atoms with van der Waals surface area (Å²) in [5, 5.41) is 5.94. The summed E-state index contributed by atoms with van der Waals surface area (Å²) in [6.07, 6.45) is 2.45. The Kier molecular flexibility index (Phi) is 6.50. The second-order valence-corrected chi connectivity index (χ2v) is 5.01. The molecule has 0 aliphatic carbocycles. The molecule has 2 aromatic rings. The lowest BCUT2D eigenvalue weighted by Crippen LogP contribution is -2.23. The van der Waals surface area contributed by atoms with Gasteiger partial charge in [0.1, 0.15) is 11.6 Å². The molecule has 0 unspecified atom stereocenters. The third kappa shape index (κ3) is 5.67. The van der Waals surface area contributed by atoms with E-state index in [0.29, 0.717) is 24.5 Å². The zero-order valence-corrected chi connectivity index (χ0v) is 13.0. The van der Waals surface area contributed by atoms with Crippen molar-refractivity contribution in [2.75, 3.05) is 25.6 Å². The lowest BCUT2D eigenvalue weighted by atomic mass is 10.2. The van der Waals surface area contributed by atoms with Gasteiger partial charge < -0.3 is 15.4 Å². The first-order valence-electron chi connectivity index (χ1n) is 7.40. The van der Waals surface area contributed by atoms with Crippen molar-refractivity contribution < 1.29 is 13.9 Å². The predicted molar refractivity (Wildman–Crippen MR) is 86.8 cm³/mol. The number of aromatic nitrogens is 1. The number of hydrogen-bond donors (Lipinski definition) is 2. The molecule has 0 spiro atoms. The first kappa shape index (κ1) is 16.9. The number of carbonyl (C=O) groups is 1. The molecule has 1 aromatic heterocycles. The van der Waals surface area contributed by atoms with Gasteiger partial charge in [-0.1, -0.05) is 12.1 Å². The topological polar surface area (TPSA) is 63.2 Å². The Morgan fingerprint density at radius 2 is 2.04 bits per heavy atom. The first-order valence-corrected chi connectivity index (χ1v) is 7.40. The van der Waals surface area contributed by atoms with Crippen LogP contribution in [0.15, 0.2) is 42.6 Å². The molecule has 0 aliphatic rings. The number of carbonyl (C=O) groups excluding carboxylic acids is 1. The Balaban J connectivity index is 1.87. The molecule has 2 N–H and O–H groups in total. The van der Waals surface area contributed by atoms with Crippen LogP contribution >= 0.6 is 0 Å². The van der Waals surface area contributed by atoms with Crippen LogP contribution in [0.1, 0.15) is 22.3 Å². The molecule has 1 amide bonds. The fourth-order valence-corrected chi connectivity index (χ4v) is 1.99. The maximum absolute atomic E-state index is 12.8. The van der Waals surface area contributed by atoms with E-state index in [9.17, 15) is 9.18 Å². The quantitative estimate of drug-likeness (QED) is 0.735. The molecule has 0 fully saturated rings. The smallest absolute Gasteiger partial charge is 0.251 e. The van der Waals surface area contributed by atoms with Crippen molar-refractivity contribution in [1.82, 2.24) is 10.3 Å². The minimum atomic E-state index is -0.293. The van der Waals surface area contributed by atoms with Crippen molar-refractivity contribution in [1.29, 1.82) is 0 Å². The van der Waals surface area contributed by atoms with Crippen LogP contribution in [-0.4, -0.2) is 31.2 Å². The number of anilines is 1. The van der Waals surface area contributed by atoms with Gasteiger partial charge >= 0.3 is 0 Å². The van der Waals surface area contributed by atoms with Crippen molar-refractivity contribution >= 4 is 11.7 Å². The van der Waals surface area contributed by atoms with Gasteiger partial charge in [0.25, 0.3) is 5.91 Å². The minimum Gasteiger partial charge on any atom is -0.385 e. The summed E-state index contributed by atoms with van der Waals surface area (Å²) < 4.78 is 17.8. The Morgan fingerprint density at radius 1 is 1.26 bits per heavy atom. The van der Waals surface area contributed by atoms with Crippen molar-refractivity contribution in [3.8, 4) is 0 Å². The number of rotatable bonds is 8. The second-order valence-electron chi connectivity index (χ2n) is 5.01. The molecule has 5 nitrogen and oxygen atoms in total. The van der Waals surface area contributed by atoms with E-state index in [2.05, 4.69) is 15.6 Å². The van der Waals surface area contributed by atoms with Gasteiger partial charge in [0, 0.05) is 38.6 Å². The van der Waals surface area contributed by atoms with Crippen molar-refractivity contribution in [2.24, 2.45) is 0 Å². The van der Waals surface area contributed by atoms with Crippen molar-refractivity contribution in [2.45, 2.75) is 13.0 Å². The van der Waals surface area contributed by atoms with Gasteiger partial charge in [-0.3, -0.25) is 4.79 Å². The first-order chi connectivity index (χ1) is 11.2. The maximum Gasteiger partial charge on any atom is 0.251 e. The van der Waals surface area contributed by atoms with Gasteiger partial charge in [0.05, 0.1) is 0 Å². The largest absolute Gasteiger partial charge is 0.385 e. The molecular weight excluding hydrogens is 297 g/mol. The summed E-state index contributed by atoms with van der Waals surface area (Å²) in [6.45, 7) is 1.74. The maximum atomic E-state index is 12.8. The number of methoxy groups -OCH3 is 1. The highest BCUT2D eigenvalue weighted by atomic mass is 19.1. The summed E-state index contributed by atoms with van der Waals surface area (Å²) in [6, 6.07) is 9.38. The molecule has 0 saturated carbocycles. The number of pyridine rings is 1. The van der Waals surface area contributed by atoms with Gasteiger partial charge in [0.15, 0.2) is 0 Å². The van der Waals surface area contributed by atoms with Gasteiger partial charge in [0.2, 0.25) is 0 Å². The standard InChI is InChI=1S/C17H20FN3O2/c1-23-10-2-8-19-16-11-14(7-9-20-16)17(22)21-12-13-3-5-15(18)6-4-13/h3-7,9,11H,2,8,10,12H2,1H3,(H,19,20)(H,21,22). The van der Waals surface area contributed by atoms with E-state index in [1.165, 1.54) is 12.1 Å². The summed E-state index contributed by atoms with van der Waals surface area (Å²) in [4.78, 5) is 16.3. The Labute approximate surface area is 134 Å². The second kappa shape index (κ2) is 8.85. The highest BCUT2D eigenvalue weighted by molar-refractivity contribution is 5.94. The normalized spacial score (nSPS) is 10.3. The number of amides is 1. The summed E-state index contributed by atoms with van der Waals surface area (Å²) >= 11 is 0. The Morgan fingerprint density at radius 3 is 2.78 bits per heavy atom. The number of halogens is 1. The van der Waals surface area contributed by atoms with Crippen LogP contribution in [-0.2, 0) is 11.3 Å². The highest BCUT2D eigenvalue weighted by Gasteiger charge is 2.06. The third-order valence-corrected chi connectivity index (χ3v) is 3.22. The van der Waals surface area contributed by atoms with E-state index >= 15 is 0 Å². The zero-order valence-electron chi connectivity index (χ0n) is 13.0. The van der Waals surface area contributed by atoms with Crippen molar-refractivity contribution in [3.05, 3.63) is 59.5 Å². The Hall–Kier alpha value is -2.47. The zero-order chi connectivity index (χ0) is 16.5. The van der Waals surface area contributed by atoms with E-state index in [1.54, 1.807) is 37.6 Å². The van der Waals surface area contributed by atoms with Gasteiger partial charge in [-0.15, -0.1) is 0 Å². The summed E-state index contributed by atoms with van der Waals surface area (Å²) in [5.74, 6) is 0.158. The van der Waals surface area contributed by atoms with E-state index in [1.807, 2.05) is 0 Å². The molecule has 0 saturated heterocycles. The average Bonchev–Trinajstić information content (AvgIpc) is 2.58.